The van der Waals surface area contributed by atoms with Crippen LogP contribution in [0.1, 0.15) is 30.5 Å². The molecule has 9 rings (SSSR count). The van der Waals surface area contributed by atoms with E-state index in [1.807, 2.05) is 12.4 Å². The minimum atomic E-state index is -0.357. The van der Waals surface area contributed by atoms with E-state index < -0.39 is 0 Å². The second-order valence-corrected chi connectivity index (χ2v) is 12.9. The standard InChI is InChI=1S/C37H34N6/c1-24-12-8-9-15-28(24)42-31-17-11-10-16-30(31)41(26-13-6-5-7-14-26)35(42)37(3)34-40(4)32-33(39-21-20-38-32)43(34)29-19-18-25-22-27(29)36(37,2)23-25/h5-22,34-35H,23H2,1-4H3. The predicted molar refractivity (Wildman–Crippen MR) is 174 cm³/mol. The molecule has 0 fully saturated rings. The van der Waals surface area contributed by atoms with Gasteiger partial charge in [-0.2, -0.15) is 0 Å². The van der Waals surface area contributed by atoms with Gasteiger partial charge in [-0.1, -0.05) is 74.5 Å². The van der Waals surface area contributed by atoms with Crippen molar-refractivity contribution in [2.75, 3.05) is 26.6 Å². The lowest BCUT2D eigenvalue weighted by Gasteiger charge is -2.61. The first-order chi connectivity index (χ1) is 20.9. The molecule has 212 valence electrons. The molecule has 43 heavy (non-hydrogen) atoms. The van der Waals surface area contributed by atoms with E-state index in [4.69, 9.17) is 9.97 Å². The second-order valence-electron chi connectivity index (χ2n) is 12.9. The van der Waals surface area contributed by atoms with Gasteiger partial charge in [-0.15, -0.1) is 0 Å². The molecule has 0 spiro atoms. The Balaban J connectivity index is 1.39. The molecule has 4 aliphatic rings. The van der Waals surface area contributed by atoms with Crippen LogP contribution in [0.2, 0.25) is 0 Å². The Kier molecular flexibility index (Phi) is 4.82. The van der Waals surface area contributed by atoms with Gasteiger partial charge in [-0.25, -0.2) is 9.97 Å². The Labute approximate surface area is 252 Å². The third-order valence-corrected chi connectivity index (χ3v) is 10.9. The monoisotopic (exact) mass is 562 g/mol. The van der Waals surface area contributed by atoms with Gasteiger partial charge in [0.2, 0.25) is 0 Å². The highest BCUT2D eigenvalue weighted by Crippen LogP contribution is 2.67. The molecule has 5 aromatic rings. The van der Waals surface area contributed by atoms with Crippen LogP contribution in [0.15, 0.2) is 109 Å². The average Bonchev–Trinajstić information content (AvgIpc) is 3.65. The van der Waals surface area contributed by atoms with Gasteiger partial charge in [-0.3, -0.25) is 0 Å². The zero-order valence-electron chi connectivity index (χ0n) is 24.9. The first-order valence-electron chi connectivity index (χ1n) is 15.2. The average molecular weight is 563 g/mol. The zero-order chi connectivity index (χ0) is 29.1. The van der Waals surface area contributed by atoms with Crippen molar-refractivity contribution in [1.29, 1.82) is 0 Å². The number of anilines is 7. The van der Waals surface area contributed by atoms with E-state index in [0.29, 0.717) is 0 Å². The van der Waals surface area contributed by atoms with Crippen molar-refractivity contribution >= 4 is 40.1 Å². The van der Waals surface area contributed by atoms with Crippen LogP contribution in [-0.4, -0.2) is 29.3 Å². The Morgan fingerprint density at radius 2 is 1.30 bits per heavy atom. The van der Waals surface area contributed by atoms with Gasteiger partial charge < -0.3 is 19.6 Å². The largest absolute Gasteiger partial charge is 0.335 e. The zero-order valence-corrected chi connectivity index (χ0v) is 24.9. The van der Waals surface area contributed by atoms with Gasteiger partial charge in [-0.05, 0) is 66.4 Å². The molecule has 1 aliphatic carbocycles. The maximum Gasteiger partial charge on any atom is 0.178 e. The van der Waals surface area contributed by atoms with Crippen molar-refractivity contribution in [2.45, 2.75) is 44.9 Å². The van der Waals surface area contributed by atoms with Gasteiger partial charge in [0.15, 0.2) is 11.6 Å². The summed E-state index contributed by atoms with van der Waals surface area (Å²) in [5.41, 5.74) is 9.68. The van der Waals surface area contributed by atoms with Crippen molar-refractivity contribution in [3.8, 4) is 0 Å². The smallest absolute Gasteiger partial charge is 0.178 e. The summed E-state index contributed by atoms with van der Waals surface area (Å²) in [4.78, 5) is 20.0. The number of hydrogen-bond donors (Lipinski definition) is 0. The van der Waals surface area contributed by atoms with Crippen LogP contribution in [0.4, 0.5) is 40.1 Å². The quantitative estimate of drug-likeness (QED) is 0.223. The van der Waals surface area contributed by atoms with Crippen LogP contribution in [0.3, 0.4) is 0 Å². The van der Waals surface area contributed by atoms with Crippen molar-refractivity contribution in [3.63, 3.8) is 0 Å². The highest BCUT2D eigenvalue weighted by Gasteiger charge is 2.69. The van der Waals surface area contributed by atoms with Crippen LogP contribution in [0.25, 0.3) is 0 Å². The van der Waals surface area contributed by atoms with Gasteiger partial charge in [0.25, 0.3) is 0 Å². The van der Waals surface area contributed by atoms with Crippen molar-refractivity contribution in [3.05, 3.63) is 126 Å². The lowest BCUT2D eigenvalue weighted by Crippen LogP contribution is -2.71. The number of aryl methyl sites for hydroxylation is 1. The molecule has 4 atom stereocenters. The minimum Gasteiger partial charge on any atom is -0.335 e. The summed E-state index contributed by atoms with van der Waals surface area (Å²) in [6.45, 7) is 7.28. The molecule has 6 nitrogen and oxygen atoms in total. The molecule has 4 heterocycles. The number of fused-ring (bicyclic) bond motifs is 6. The van der Waals surface area contributed by atoms with E-state index in [9.17, 15) is 0 Å². The number of benzene rings is 4. The second kappa shape index (κ2) is 8.38. The van der Waals surface area contributed by atoms with E-state index in [0.717, 1.165) is 18.1 Å². The molecular formula is C37H34N6. The molecule has 0 N–H and O–H groups in total. The normalized spacial score (nSPS) is 26.0. The molecule has 0 saturated heterocycles. The van der Waals surface area contributed by atoms with Crippen LogP contribution >= 0.6 is 0 Å². The van der Waals surface area contributed by atoms with Crippen molar-refractivity contribution < 1.29 is 0 Å². The minimum absolute atomic E-state index is 0.0267. The third-order valence-electron chi connectivity index (χ3n) is 10.9. The number of rotatable bonds is 3. The molecule has 4 aromatic carbocycles. The Hall–Kier alpha value is -4.84. The molecule has 3 aliphatic heterocycles. The summed E-state index contributed by atoms with van der Waals surface area (Å²) in [6.07, 6.45) is 4.55. The van der Waals surface area contributed by atoms with Gasteiger partial charge in [0.05, 0.1) is 16.8 Å². The highest BCUT2D eigenvalue weighted by molar-refractivity contribution is 5.91. The summed E-state index contributed by atoms with van der Waals surface area (Å²) < 4.78 is 0. The summed E-state index contributed by atoms with van der Waals surface area (Å²) in [6, 6.07) is 35.8. The molecule has 0 amide bonds. The van der Waals surface area contributed by atoms with E-state index in [2.05, 4.69) is 144 Å². The van der Waals surface area contributed by atoms with Crippen molar-refractivity contribution in [1.82, 2.24) is 9.97 Å². The summed E-state index contributed by atoms with van der Waals surface area (Å²) >= 11 is 0. The van der Waals surface area contributed by atoms with E-state index in [-0.39, 0.29) is 23.2 Å². The Morgan fingerprint density at radius 3 is 2.05 bits per heavy atom. The van der Waals surface area contributed by atoms with Gasteiger partial charge >= 0.3 is 0 Å². The Bertz CT molecular complexity index is 1920. The van der Waals surface area contributed by atoms with Crippen LogP contribution < -0.4 is 19.6 Å². The lowest BCUT2D eigenvalue weighted by atomic mass is 9.56. The van der Waals surface area contributed by atoms with Crippen LogP contribution in [-0.2, 0) is 11.8 Å². The fourth-order valence-corrected chi connectivity index (χ4v) is 8.85. The fourth-order valence-electron chi connectivity index (χ4n) is 8.85. The maximum atomic E-state index is 4.95. The summed E-state index contributed by atoms with van der Waals surface area (Å²) in [5.74, 6) is 1.87. The number of para-hydroxylation sites is 4. The molecule has 0 saturated carbocycles. The number of nitrogens with zero attached hydrogens (tertiary/aromatic N) is 6. The molecule has 6 heteroatoms. The molecule has 0 radical (unpaired) electrons. The number of aromatic nitrogens is 2. The topological polar surface area (TPSA) is 38.7 Å². The van der Waals surface area contributed by atoms with Crippen molar-refractivity contribution in [2.24, 2.45) is 5.41 Å². The predicted octanol–water partition coefficient (Wildman–Crippen LogP) is 7.85. The first-order valence-corrected chi connectivity index (χ1v) is 15.2. The van der Waals surface area contributed by atoms with Gasteiger partial charge in [0.1, 0.15) is 12.3 Å². The Morgan fingerprint density at radius 1 is 0.651 bits per heavy atom. The molecule has 2 bridgehead atoms. The van der Waals surface area contributed by atoms with E-state index in [1.54, 1.807) is 0 Å². The first kappa shape index (κ1) is 24.7. The van der Waals surface area contributed by atoms with Crippen LogP contribution in [0, 0.1) is 12.3 Å². The lowest BCUT2D eigenvalue weighted by molar-refractivity contribution is 0.0796. The third kappa shape index (κ3) is 2.93. The highest BCUT2D eigenvalue weighted by atomic mass is 15.5. The van der Waals surface area contributed by atoms with Gasteiger partial charge in [0, 0.05) is 41.9 Å². The summed E-state index contributed by atoms with van der Waals surface area (Å²) in [5, 5.41) is 0. The number of hydrogen-bond acceptors (Lipinski definition) is 6. The summed E-state index contributed by atoms with van der Waals surface area (Å²) in [7, 11) is 2.21. The molecular weight excluding hydrogens is 528 g/mol. The van der Waals surface area contributed by atoms with E-state index >= 15 is 0 Å². The fraction of sp³-hybridized carbons (Fsp3) is 0.243. The maximum absolute atomic E-state index is 4.95. The van der Waals surface area contributed by atoms with E-state index in [1.165, 1.54) is 45.1 Å². The SMILES string of the molecule is Cc1ccccc1N1c2ccccc2N(c2ccccc2)C1C1(C)C2N(C)c3nccnc3N2c2ccc3cc2C1(C)C3. The molecule has 4 unspecified atom stereocenters. The molecule has 1 aromatic heterocycles. The van der Waals surface area contributed by atoms with Crippen LogP contribution in [0.5, 0.6) is 0 Å².